The molecule has 0 amide bonds. The van der Waals surface area contributed by atoms with Gasteiger partial charge in [-0.05, 0) is 68.2 Å². The number of aliphatic imine (C=N–C) groups is 1. The number of ketones is 1. The number of nitroso groups, excluding NO2 is 1. The Kier molecular flexibility index (Phi) is 7.60. The number of nitrogens with zero attached hydrogens (tertiary/aromatic N) is 4. The van der Waals surface area contributed by atoms with Gasteiger partial charge in [-0.15, -0.1) is 0 Å². The molecule has 31 heavy (non-hydrogen) atoms. The molecule has 1 aliphatic rings. The Morgan fingerprint density at radius 3 is 2.74 bits per heavy atom. The van der Waals surface area contributed by atoms with Crippen LogP contribution in [0.15, 0.2) is 34.7 Å². The summed E-state index contributed by atoms with van der Waals surface area (Å²) in [5.74, 6) is 0.575. The van der Waals surface area contributed by atoms with Crippen LogP contribution in [0.3, 0.4) is 0 Å². The number of anilines is 1. The molecule has 2 heterocycles. The van der Waals surface area contributed by atoms with Crippen LogP contribution >= 0.6 is 0 Å². The normalized spacial score (nSPS) is 16.1. The van der Waals surface area contributed by atoms with E-state index in [-0.39, 0.29) is 30.7 Å². The van der Waals surface area contributed by atoms with E-state index in [1.807, 2.05) is 20.0 Å². The van der Waals surface area contributed by atoms with E-state index in [2.05, 4.69) is 33.1 Å². The molecule has 164 valence electrons. The van der Waals surface area contributed by atoms with Crippen LogP contribution in [0.1, 0.15) is 90.8 Å². The van der Waals surface area contributed by atoms with Crippen LogP contribution in [0.5, 0.6) is 0 Å². The van der Waals surface area contributed by atoms with E-state index in [0.717, 1.165) is 5.69 Å². The molecule has 7 nitrogen and oxygen atoms in total. The van der Waals surface area contributed by atoms with Crippen LogP contribution in [0, 0.1) is 17.7 Å². The molecule has 1 fully saturated rings. The van der Waals surface area contributed by atoms with Crippen molar-refractivity contribution < 1.29 is 4.79 Å². The molecule has 0 saturated heterocycles. The molecule has 3 rings (SSSR count). The lowest BCUT2D eigenvalue weighted by Gasteiger charge is -2.27. The monoisotopic (exact) mass is 421 g/mol. The van der Waals surface area contributed by atoms with Gasteiger partial charge >= 0.3 is 0 Å². The summed E-state index contributed by atoms with van der Waals surface area (Å²) in [6, 6.07) is 3.60. The molecule has 2 N–H and O–H groups in total. The fourth-order valence-electron chi connectivity index (χ4n) is 3.86. The highest BCUT2D eigenvalue weighted by molar-refractivity contribution is 6.04. The van der Waals surface area contributed by atoms with Gasteiger partial charge in [-0.25, -0.2) is 0 Å². The quantitative estimate of drug-likeness (QED) is 0.323. The van der Waals surface area contributed by atoms with E-state index in [9.17, 15) is 9.70 Å². The van der Waals surface area contributed by atoms with E-state index in [1.165, 1.54) is 36.6 Å². The third-order valence-corrected chi connectivity index (χ3v) is 6.11. The average Bonchev–Trinajstić information content (AvgIpc) is 2.71. The number of nitrogen functional groups attached to an aromatic ring is 1. The molecule has 7 heteroatoms. The van der Waals surface area contributed by atoms with Crippen molar-refractivity contribution >= 4 is 17.7 Å². The number of hydrogen-bond acceptors (Lipinski definition) is 7. The smallest absolute Gasteiger partial charge is 0.182 e. The molecule has 1 aliphatic carbocycles. The van der Waals surface area contributed by atoms with Gasteiger partial charge < -0.3 is 5.73 Å². The van der Waals surface area contributed by atoms with Crippen molar-refractivity contribution in [1.82, 2.24) is 9.97 Å². The highest BCUT2D eigenvalue weighted by atomic mass is 16.3. The summed E-state index contributed by atoms with van der Waals surface area (Å²) in [6.45, 7) is 6.24. The Morgan fingerprint density at radius 2 is 2.10 bits per heavy atom. The first-order valence-corrected chi connectivity index (χ1v) is 11.0. The average molecular weight is 422 g/mol. The van der Waals surface area contributed by atoms with Gasteiger partial charge in [-0.3, -0.25) is 19.8 Å². The molecule has 0 aromatic carbocycles. The van der Waals surface area contributed by atoms with E-state index in [1.54, 1.807) is 12.3 Å². The van der Waals surface area contributed by atoms with Gasteiger partial charge in [0.25, 0.3) is 0 Å². The van der Waals surface area contributed by atoms with Crippen LogP contribution in [0.25, 0.3) is 0 Å². The molecular weight excluding hydrogens is 390 g/mol. The largest absolute Gasteiger partial charge is 0.398 e. The van der Waals surface area contributed by atoms with Crippen molar-refractivity contribution in [1.29, 1.82) is 0 Å². The number of pyridine rings is 2. The minimum absolute atomic E-state index is 0.0403. The van der Waals surface area contributed by atoms with Gasteiger partial charge in [0.05, 0.1) is 18.3 Å². The van der Waals surface area contributed by atoms with Crippen LogP contribution in [0.4, 0.5) is 5.69 Å². The van der Waals surface area contributed by atoms with Gasteiger partial charge in [-0.2, -0.15) is 4.91 Å². The maximum Gasteiger partial charge on any atom is 0.182 e. The molecule has 0 aliphatic heterocycles. The Hall–Kier alpha value is -2.96. The summed E-state index contributed by atoms with van der Waals surface area (Å²) >= 11 is 0. The number of nitrogens with two attached hydrogens (primary N) is 1. The number of aryl methyl sites for hydroxylation is 1. The lowest BCUT2D eigenvalue weighted by Crippen LogP contribution is -2.13. The molecule has 0 bridgehead atoms. The number of carbonyl (C=O) groups excluding carboxylic acids is 1. The van der Waals surface area contributed by atoms with Gasteiger partial charge in [-0.1, -0.05) is 18.5 Å². The topological polar surface area (TPSA) is 111 Å². The van der Waals surface area contributed by atoms with Gasteiger partial charge in [0.15, 0.2) is 5.78 Å². The Bertz CT molecular complexity index is 968. The first-order valence-electron chi connectivity index (χ1n) is 11.0. The van der Waals surface area contributed by atoms with Gasteiger partial charge in [0.1, 0.15) is 5.69 Å². The molecular formula is C24H31N5O2. The Balaban J connectivity index is 1.76. The van der Waals surface area contributed by atoms with E-state index >= 15 is 0 Å². The molecule has 1 saturated carbocycles. The maximum absolute atomic E-state index is 12.8. The van der Waals surface area contributed by atoms with Crippen molar-refractivity contribution in [3.05, 3.63) is 57.5 Å². The second-order valence-electron chi connectivity index (χ2n) is 8.58. The van der Waals surface area contributed by atoms with Crippen molar-refractivity contribution in [2.75, 3.05) is 12.3 Å². The number of Topliss-reactive ketones (excluding diaryl/α,β-unsaturated/α-hetero) is 1. The van der Waals surface area contributed by atoms with Crippen LogP contribution in [-0.2, 0) is 0 Å². The van der Waals surface area contributed by atoms with Crippen LogP contribution in [-0.4, -0.2) is 28.5 Å². The Labute approximate surface area is 183 Å². The summed E-state index contributed by atoms with van der Waals surface area (Å²) in [5, 5.41) is 2.87. The summed E-state index contributed by atoms with van der Waals surface area (Å²) in [6.07, 6.45) is 9.80. The van der Waals surface area contributed by atoms with Gasteiger partial charge in [0, 0.05) is 36.3 Å². The minimum atomic E-state index is -0.172. The van der Waals surface area contributed by atoms with Crippen LogP contribution in [0.2, 0.25) is 0 Å². The standard InChI is InChI=1S/C24H31N5O2/c1-15(7-10-29-31)11-23(30)24-20(21(25)8-9-26-24)14-27-17(3)22-12-16(2)19(13-28-22)18-5-4-6-18/h8-9,12-15,17-18H,4-7,10-11H2,1-3H3,(H2,25,26). The second-order valence-corrected chi connectivity index (χ2v) is 8.58. The van der Waals surface area contributed by atoms with E-state index in [0.29, 0.717) is 29.3 Å². The first-order chi connectivity index (χ1) is 14.9. The number of aromatic nitrogens is 2. The number of hydrogen-bond donors (Lipinski definition) is 1. The molecule has 2 aromatic rings. The van der Waals surface area contributed by atoms with E-state index in [4.69, 9.17) is 5.73 Å². The van der Waals surface area contributed by atoms with Gasteiger partial charge in [0.2, 0.25) is 0 Å². The third-order valence-electron chi connectivity index (χ3n) is 6.11. The van der Waals surface area contributed by atoms with Crippen molar-refractivity contribution in [2.45, 2.75) is 64.8 Å². The lowest BCUT2D eigenvalue weighted by molar-refractivity contribution is 0.0958. The fourth-order valence-corrected chi connectivity index (χ4v) is 3.86. The minimum Gasteiger partial charge on any atom is -0.398 e. The SMILES string of the molecule is Cc1cc(C(C)N=Cc2c(N)ccnc2C(=O)CC(C)CCN=O)ncc1C1CCC1. The Morgan fingerprint density at radius 1 is 1.32 bits per heavy atom. The number of rotatable bonds is 10. The zero-order valence-electron chi connectivity index (χ0n) is 18.5. The van der Waals surface area contributed by atoms with Crippen molar-refractivity contribution in [3.8, 4) is 0 Å². The highest BCUT2D eigenvalue weighted by Gasteiger charge is 2.22. The van der Waals surface area contributed by atoms with Crippen molar-refractivity contribution in [2.24, 2.45) is 16.1 Å². The summed E-state index contributed by atoms with van der Waals surface area (Å²) in [5.41, 5.74) is 10.9. The molecule has 2 atom stereocenters. The predicted molar refractivity (Wildman–Crippen MR) is 124 cm³/mol. The number of carbonyl (C=O) groups is 1. The molecule has 0 spiro atoms. The van der Waals surface area contributed by atoms with E-state index < -0.39 is 0 Å². The summed E-state index contributed by atoms with van der Waals surface area (Å²) in [7, 11) is 0. The third kappa shape index (κ3) is 5.60. The van der Waals surface area contributed by atoms with Crippen molar-refractivity contribution in [3.63, 3.8) is 0 Å². The molecule has 0 radical (unpaired) electrons. The maximum atomic E-state index is 12.8. The van der Waals surface area contributed by atoms with Crippen LogP contribution < -0.4 is 5.73 Å². The fraction of sp³-hybridized carbons (Fsp3) is 0.500. The molecule has 2 aromatic heterocycles. The zero-order valence-corrected chi connectivity index (χ0v) is 18.5. The zero-order chi connectivity index (χ0) is 22.4. The lowest BCUT2D eigenvalue weighted by atomic mass is 9.79. The first kappa shape index (κ1) is 22.7. The summed E-state index contributed by atoms with van der Waals surface area (Å²) in [4.78, 5) is 36.7. The predicted octanol–water partition coefficient (Wildman–Crippen LogP) is 5.18. The summed E-state index contributed by atoms with van der Waals surface area (Å²) < 4.78 is 0. The second kappa shape index (κ2) is 10.4. The molecule has 2 unspecified atom stereocenters. The highest BCUT2D eigenvalue weighted by Crippen LogP contribution is 2.38.